The zero-order valence-electron chi connectivity index (χ0n) is 31.3. The van der Waals surface area contributed by atoms with Crippen LogP contribution in [0.5, 0.6) is 0 Å². The zero-order valence-corrected chi connectivity index (χ0v) is 31.3. The van der Waals surface area contributed by atoms with Crippen molar-refractivity contribution in [1.29, 1.82) is 0 Å². The lowest BCUT2D eigenvalue weighted by atomic mass is 9.87. The van der Waals surface area contributed by atoms with Crippen LogP contribution < -0.4 is 5.32 Å². The minimum absolute atomic E-state index is 0.118. The third-order valence-electron chi connectivity index (χ3n) is 11.8. The smallest absolute Gasteiger partial charge is 0.411 e. The third-order valence-corrected chi connectivity index (χ3v) is 11.8. The van der Waals surface area contributed by atoms with Gasteiger partial charge in [0, 0.05) is 13.1 Å². The molecule has 4 aliphatic heterocycles. The number of benzene rings is 3. The molecule has 10 nitrogen and oxygen atoms in total. The molecule has 4 heterocycles. The molecule has 0 bridgehead atoms. The number of amides is 4. The molecule has 0 saturated carbocycles. The molecule has 0 aromatic heterocycles. The largest absolute Gasteiger partial charge is 0.447 e. The van der Waals surface area contributed by atoms with Gasteiger partial charge in [-0.2, -0.15) is 0 Å². The molecule has 0 spiro atoms. The number of β-lactam (4-membered cyclic amide) rings is 1. The van der Waals surface area contributed by atoms with E-state index in [2.05, 4.69) is 10.2 Å². The van der Waals surface area contributed by atoms with Crippen molar-refractivity contribution in [3.8, 4) is 0 Å². The van der Waals surface area contributed by atoms with Gasteiger partial charge in [-0.1, -0.05) is 110 Å². The van der Waals surface area contributed by atoms with Crippen LogP contribution in [-0.4, -0.2) is 101 Å². The van der Waals surface area contributed by atoms with Crippen LogP contribution >= 0.6 is 0 Å². The number of rotatable bonds is 13. The van der Waals surface area contributed by atoms with Crippen molar-refractivity contribution in [1.82, 2.24) is 24.9 Å². The summed E-state index contributed by atoms with van der Waals surface area (Å²) in [6.45, 7) is 6.80. The summed E-state index contributed by atoms with van der Waals surface area (Å²) in [4.78, 5) is 63.9. The standard InChI is InChI=1S/C44H53N5O5/c1-32(35-16-8-3-9-17-35)45-42(51)38(30-40(50)47-28-23-34(24-29-47)22-27-46-25-12-5-13-26-46)48-37(21-20-33-14-6-2-7-15-33)41(43(48)52)49-39(31-54-44(49)53)36-18-10-4-11-19-36/h2-4,6-11,14-21,32,34,37-39,41H,5,12-13,22-31H2,1H3,(H,45,51)/t32-,37?,38?,39-,41?/m1/s1. The average molecular weight is 732 g/mol. The third kappa shape index (κ3) is 8.54. The number of carbonyl (C=O) groups excluding carboxylic acids is 4. The predicted octanol–water partition coefficient (Wildman–Crippen LogP) is 6.22. The molecule has 4 fully saturated rings. The topological polar surface area (TPSA) is 103 Å². The second kappa shape index (κ2) is 17.5. The van der Waals surface area contributed by atoms with Crippen molar-refractivity contribution >= 4 is 29.9 Å². The van der Waals surface area contributed by atoms with Crippen molar-refractivity contribution in [3.63, 3.8) is 0 Å². The summed E-state index contributed by atoms with van der Waals surface area (Å²) >= 11 is 0. The molecule has 10 heteroatoms. The molecule has 1 N–H and O–H groups in total. The Labute approximate surface area is 319 Å². The molecule has 5 atom stereocenters. The Balaban J connectivity index is 1.13. The molecule has 3 aromatic carbocycles. The molecule has 0 aliphatic carbocycles. The van der Waals surface area contributed by atoms with Gasteiger partial charge in [-0.15, -0.1) is 0 Å². The number of hydrogen-bond acceptors (Lipinski definition) is 6. The lowest BCUT2D eigenvalue weighted by Crippen LogP contribution is -2.74. The first-order valence-electron chi connectivity index (χ1n) is 19.8. The van der Waals surface area contributed by atoms with E-state index in [1.54, 1.807) is 0 Å². The van der Waals surface area contributed by atoms with Crippen LogP contribution in [0.1, 0.15) is 80.6 Å². The van der Waals surface area contributed by atoms with Crippen molar-refractivity contribution in [2.45, 2.75) is 82.1 Å². The summed E-state index contributed by atoms with van der Waals surface area (Å²) in [5.74, 6) is -0.342. The second-order valence-electron chi connectivity index (χ2n) is 15.2. The van der Waals surface area contributed by atoms with Gasteiger partial charge in [-0.25, -0.2) is 4.79 Å². The molecule has 54 heavy (non-hydrogen) atoms. The summed E-state index contributed by atoms with van der Waals surface area (Å²) in [6.07, 6.45) is 9.99. The van der Waals surface area contributed by atoms with E-state index in [4.69, 9.17) is 4.74 Å². The highest BCUT2D eigenvalue weighted by molar-refractivity contribution is 5.99. The maximum Gasteiger partial charge on any atom is 0.411 e. The van der Waals surface area contributed by atoms with E-state index in [9.17, 15) is 19.2 Å². The molecule has 4 amide bonds. The second-order valence-corrected chi connectivity index (χ2v) is 15.2. The molecule has 3 unspecified atom stereocenters. The lowest BCUT2D eigenvalue weighted by Gasteiger charge is -2.52. The van der Waals surface area contributed by atoms with E-state index in [1.165, 1.54) is 42.2 Å². The van der Waals surface area contributed by atoms with Gasteiger partial charge in [0.25, 0.3) is 0 Å². The van der Waals surface area contributed by atoms with Gasteiger partial charge in [0.1, 0.15) is 18.7 Å². The number of nitrogens with one attached hydrogen (secondary N) is 1. The highest BCUT2D eigenvalue weighted by Gasteiger charge is 2.58. The minimum atomic E-state index is -1.08. The Hall–Kier alpha value is -4.96. The Bertz CT molecular complexity index is 1760. The first-order valence-corrected chi connectivity index (χ1v) is 19.8. The summed E-state index contributed by atoms with van der Waals surface area (Å²) in [5.41, 5.74) is 2.69. The number of likely N-dealkylation sites (tertiary alicyclic amines) is 3. The van der Waals surface area contributed by atoms with Crippen LogP contribution in [0.25, 0.3) is 6.08 Å². The molecule has 284 valence electrons. The maximum atomic E-state index is 14.5. The zero-order chi connectivity index (χ0) is 37.4. The van der Waals surface area contributed by atoms with Gasteiger partial charge in [0.2, 0.25) is 17.7 Å². The number of piperidine rings is 2. The van der Waals surface area contributed by atoms with E-state index in [0.29, 0.717) is 19.0 Å². The summed E-state index contributed by atoms with van der Waals surface area (Å²) in [7, 11) is 0. The van der Waals surface area contributed by atoms with Crippen molar-refractivity contribution < 1.29 is 23.9 Å². The molecule has 4 saturated heterocycles. The van der Waals surface area contributed by atoms with Crippen molar-refractivity contribution in [2.75, 3.05) is 39.3 Å². The van der Waals surface area contributed by atoms with Gasteiger partial charge in [-0.3, -0.25) is 19.3 Å². The molecule has 4 aliphatic rings. The van der Waals surface area contributed by atoms with E-state index in [1.807, 2.05) is 115 Å². The fourth-order valence-electron chi connectivity index (χ4n) is 8.57. The van der Waals surface area contributed by atoms with Gasteiger partial charge in [0.15, 0.2) is 0 Å². The highest BCUT2D eigenvalue weighted by Crippen LogP contribution is 2.39. The van der Waals surface area contributed by atoms with Gasteiger partial charge >= 0.3 is 6.09 Å². The van der Waals surface area contributed by atoms with Crippen LogP contribution in [0.2, 0.25) is 0 Å². The Kier molecular flexibility index (Phi) is 12.1. The quantitative estimate of drug-likeness (QED) is 0.210. The highest BCUT2D eigenvalue weighted by atomic mass is 16.6. The summed E-state index contributed by atoms with van der Waals surface area (Å²) in [6, 6.07) is 25.4. The van der Waals surface area contributed by atoms with Gasteiger partial charge in [0.05, 0.1) is 24.5 Å². The Morgan fingerprint density at radius 2 is 1.50 bits per heavy atom. The van der Waals surface area contributed by atoms with E-state index < -0.39 is 36.2 Å². The predicted molar refractivity (Wildman–Crippen MR) is 208 cm³/mol. The molecule has 0 radical (unpaired) electrons. The van der Waals surface area contributed by atoms with Crippen LogP contribution in [0, 0.1) is 5.92 Å². The normalized spacial score (nSPS) is 23.6. The SMILES string of the molecule is C[C@@H](NC(=O)C(CC(=O)N1CCC(CCN2CCCCC2)CC1)N1C(=O)C(N2C(=O)OC[C@@H]2c2ccccc2)C1C=Cc1ccccc1)c1ccccc1. The first-order chi connectivity index (χ1) is 26.4. The van der Waals surface area contributed by atoms with E-state index in [0.717, 1.165) is 42.5 Å². The fourth-order valence-corrected chi connectivity index (χ4v) is 8.57. The Morgan fingerprint density at radius 3 is 2.19 bits per heavy atom. The number of cyclic esters (lactones) is 1. The van der Waals surface area contributed by atoms with Crippen molar-refractivity contribution in [2.24, 2.45) is 5.92 Å². The van der Waals surface area contributed by atoms with E-state index >= 15 is 0 Å². The molecular weight excluding hydrogens is 679 g/mol. The van der Waals surface area contributed by atoms with Crippen molar-refractivity contribution in [3.05, 3.63) is 114 Å². The molecule has 7 rings (SSSR count). The van der Waals surface area contributed by atoms with Crippen LogP contribution in [0.15, 0.2) is 97.1 Å². The number of ether oxygens (including phenoxy) is 1. The average Bonchev–Trinajstić information content (AvgIpc) is 3.59. The van der Waals surface area contributed by atoms with Crippen LogP contribution in [-0.2, 0) is 19.1 Å². The van der Waals surface area contributed by atoms with Crippen LogP contribution in [0.3, 0.4) is 0 Å². The fraction of sp³-hybridized carbons (Fsp3) is 0.455. The number of hydrogen-bond donors (Lipinski definition) is 1. The number of nitrogens with zero attached hydrogens (tertiary/aromatic N) is 4. The summed E-state index contributed by atoms with van der Waals surface area (Å²) in [5, 5.41) is 3.11. The molecule has 3 aromatic rings. The number of carbonyl (C=O) groups is 4. The minimum Gasteiger partial charge on any atom is -0.447 e. The Morgan fingerprint density at radius 1 is 0.852 bits per heavy atom. The first kappa shape index (κ1) is 37.4. The van der Waals surface area contributed by atoms with Crippen LogP contribution in [0.4, 0.5) is 4.79 Å². The monoisotopic (exact) mass is 731 g/mol. The van der Waals surface area contributed by atoms with E-state index in [-0.39, 0.29) is 30.9 Å². The summed E-state index contributed by atoms with van der Waals surface area (Å²) < 4.78 is 5.55. The van der Waals surface area contributed by atoms with Gasteiger partial charge < -0.3 is 24.8 Å². The molecular formula is C44H53N5O5. The van der Waals surface area contributed by atoms with Gasteiger partial charge in [-0.05, 0) is 81.3 Å². The lowest BCUT2D eigenvalue weighted by molar-refractivity contribution is -0.164. The maximum absolute atomic E-state index is 14.5.